The Kier molecular flexibility index (Phi) is 7.26. The van der Waals surface area contributed by atoms with E-state index in [1.54, 1.807) is 13.2 Å². The zero-order valence-corrected chi connectivity index (χ0v) is 20.7. The van der Waals surface area contributed by atoms with Crippen LogP contribution in [0.5, 0.6) is 17.2 Å². The predicted molar refractivity (Wildman–Crippen MR) is 134 cm³/mol. The quantitative estimate of drug-likeness (QED) is 0.415. The van der Waals surface area contributed by atoms with E-state index in [1.165, 1.54) is 5.56 Å². The summed E-state index contributed by atoms with van der Waals surface area (Å²) in [5.74, 6) is 1.49. The van der Waals surface area contributed by atoms with Crippen LogP contribution in [0.2, 0.25) is 0 Å². The van der Waals surface area contributed by atoms with Gasteiger partial charge in [-0.15, -0.1) is 0 Å². The number of para-hydroxylation sites is 1. The van der Waals surface area contributed by atoms with Gasteiger partial charge in [-0.3, -0.25) is 0 Å². The van der Waals surface area contributed by atoms with Crippen LogP contribution in [0.25, 0.3) is 5.70 Å². The Morgan fingerprint density at radius 2 is 1.82 bits per heavy atom. The molecule has 0 fully saturated rings. The van der Waals surface area contributed by atoms with Crippen LogP contribution in [0.1, 0.15) is 48.3 Å². The van der Waals surface area contributed by atoms with Crippen LogP contribution in [-0.2, 0) is 6.42 Å². The van der Waals surface area contributed by atoms with Crippen LogP contribution in [-0.4, -0.2) is 18.8 Å². The van der Waals surface area contributed by atoms with E-state index >= 15 is 0 Å². The highest BCUT2D eigenvalue weighted by molar-refractivity contribution is 9.10. The second-order valence-electron chi connectivity index (χ2n) is 7.99. The molecule has 3 aromatic carbocycles. The van der Waals surface area contributed by atoms with Crippen molar-refractivity contribution in [2.24, 2.45) is 0 Å². The van der Waals surface area contributed by atoms with Gasteiger partial charge in [-0.2, -0.15) is 0 Å². The normalized spacial score (nSPS) is 17.8. The number of halogens is 1. The van der Waals surface area contributed by atoms with Crippen molar-refractivity contribution in [3.05, 3.63) is 93.5 Å². The molecule has 2 atom stereocenters. The molecule has 1 aliphatic heterocycles. The first kappa shape index (κ1) is 23.2. The van der Waals surface area contributed by atoms with Crippen molar-refractivity contribution in [2.75, 3.05) is 13.7 Å². The first-order chi connectivity index (χ1) is 16.0. The van der Waals surface area contributed by atoms with Gasteiger partial charge in [0.15, 0.2) is 17.7 Å². The van der Waals surface area contributed by atoms with Gasteiger partial charge in [0.25, 0.3) is 0 Å². The molecule has 0 saturated heterocycles. The van der Waals surface area contributed by atoms with E-state index in [0.29, 0.717) is 12.4 Å². The lowest BCUT2D eigenvalue weighted by molar-refractivity contribution is -0.731. The molecule has 5 nitrogen and oxygen atoms in total. The molecular formula is C27H30BrN2O3+. The molecule has 0 bridgehead atoms. The van der Waals surface area contributed by atoms with Gasteiger partial charge in [0.05, 0.1) is 23.8 Å². The Hall–Kier alpha value is -2.96. The molecule has 4 rings (SSSR count). The van der Waals surface area contributed by atoms with Crippen LogP contribution in [0.3, 0.4) is 0 Å². The van der Waals surface area contributed by atoms with E-state index in [0.717, 1.165) is 39.0 Å². The molecule has 1 aliphatic rings. The molecule has 172 valence electrons. The third-order valence-corrected chi connectivity index (χ3v) is 6.57. The zero-order valence-electron chi connectivity index (χ0n) is 19.1. The number of phenols is 1. The monoisotopic (exact) mass is 509 g/mol. The minimum Gasteiger partial charge on any atom is -0.504 e. The number of methoxy groups -OCH3 is 1. The number of rotatable bonds is 7. The Morgan fingerprint density at radius 3 is 2.48 bits per heavy atom. The standard InChI is InChI=1S/C27H29BrN2O3/c1-4-17-9-11-18(12-10-17)22-16-23(20-7-6-8-25(26(20)31)33-5-2)30-27(29-22)19-13-14-24(32-3)21(28)15-19/h6-16,23,27,29-31H,4-5H2,1-3H3/p+1. The van der Waals surface area contributed by atoms with Crippen molar-refractivity contribution in [3.63, 3.8) is 0 Å². The molecule has 3 aromatic rings. The molecule has 1 heterocycles. The Labute approximate surface area is 203 Å². The summed E-state index contributed by atoms with van der Waals surface area (Å²) in [5, 5.41) is 16.8. The van der Waals surface area contributed by atoms with Crippen LogP contribution >= 0.6 is 15.9 Å². The Morgan fingerprint density at radius 1 is 1.03 bits per heavy atom. The minimum atomic E-state index is -0.0987. The van der Waals surface area contributed by atoms with Crippen molar-refractivity contribution < 1.29 is 19.9 Å². The summed E-state index contributed by atoms with van der Waals surface area (Å²) in [7, 11) is 1.66. The number of nitrogens with one attached hydrogen (secondary N) is 1. The smallest absolute Gasteiger partial charge is 0.186 e. The number of aryl methyl sites for hydroxylation is 1. The average Bonchev–Trinajstić information content (AvgIpc) is 2.85. The molecule has 4 N–H and O–H groups in total. The number of ether oxygens (including phenoxy) is 2. The van der Waals surface area contributed by atoms with Crippen molar-refractivity contribution in [3.8, 4) is 17.2 Å². The summed E-state index contributed by atoms with van der Waals surface area (Å²) < 4.78 is 11.9. The number of benzene rings is 3. The number of hydrogen-bond donors (Lipinski definition) is 3. The van der Waals surface area contributed by atoms with Gasteiger partial charge < -0.3 is 25.2 Å². The lowest BCUT2D eigenvalue weighted by Crippen LogP contribution is -2.89. The van der Waals surface area contributed by atoms with Gasteiger partial charge in [-0.25, -0.2) is 0 Å². The van der Waals surface area contributed by atoms with Crippen molar-refractivity contribution in [1.29, 1.82) is 0 Å². The molecular weight excluding hydrogens is 480 g/mol. The average molecular weight is 510 g/mol. The van der Waals surface area contributed by atoms with Crippen molar-refractivity contribution >= 4 is 21.6 Å². The van der Waals surface area contributed by atoms with Crippen LogP contribution < -0.4 is 20.1 Å². The van der Waals surface area contributed by atoms with E-state index in [-0.39, 0.29) is 18.0 Å². The number of hydrogen-bond acceptors (Lipinski definition) is 4. The highest BCUT2D eigenvalue weighted by Crippen LogP contribution is 2.36. The van der Waals surface area contributed by atoms with Crippen LogP contribution in [0.15, 0.2) is 71.2 Å². The summed E-state index contributed by atoms with van der Waals surface area (Å²) >= 11 is 3.61. The van der Waals surface area contributed by atoms with Gasteiger partial charge >= 0.3 is 0 Å². The van der Waals surface area contributed by atoms with E-state index in [9.17, 15) is 5.11 Å². The fourth-order valence-corrected chi connectivity index (χ4v) is 4.71. The number of quaternary nitrogens is 1. The maximum Gasteiger partial charge on any atom is 0.186 e. The van der Waals surface area contributed by atoms with Crippen LogP contribution in [0.4, 0.5) is 0 Å². The molecule has 0 spiro atoms. The fraction of sp³-hybridized carbons (Fsp3) is 0.259. The molecule has 33 heavy (non-hydrogen) atoms. The number of phenolic OH excluding ortho intramolecular Hbond substituents is 1. The minimum absolute atomic E-state index is 0.0572. The van der Waals surface area contributed by atoms with Gasteiger partial charge in [0.1, 0.15) is 11.8 Å². The Balaban J connectivity index is 1.75. The molecule has 0 amide bonds. The van der Waals surface area contributed by atoms with E-state index in [4.69, 9.17) is 9.47 Å². The molecule has 0 aromatic heterocycles. The summed E-state index contributed by atoms with van der Waals surface area (Å²) in [6, 6.07) is 20.3. The molecule has 2 unspecified atom stereocenters. The first-order valence-electron chi connectivity index (χ1n) is 11.2. The van der Waals surface area contributed by atoms with E-state index in [1.807, 2.05) is 25.1 Å². The van der Waals surface area contributed by atoms with Crippen molar-refractivity contribution in [2.45, 2.75) is 32.5 Å². The molecule has 6 heteroatoms. The lowest BCUT2D eigenvalue weighted by atomic mass is 9.97. The summed E-state index contributed by atoms with van der Waals surface area (Å²) in [6.07, 6.45) is 3.11. The van der Waals surface area contributed by atoms with E-state index < -0.39 is 0 Å². The third kappa shape index (κ3) is 5.02. The number of nitrogens with two attached hydrogens (primary N) is 1. The number of aromatic hydroxyl groups is 1. The highest BCUT2D eigenvalue weighted by Gasteiger charge is 2.30. The van der Waals surface area contributed by atoms with E-state index in [2.05, 4.69) is 76.0 Å². The second kappa shape index (κ2) is 10.3. The SMILES string of the molecule is CCOc1cccc(C2C=C(c3ccc(CC)cc3)NC(c3ccc(OC)c(Br)c3)[NH2+]2)c1O. The molecule has 0 saturated carbocycles. The maximum absolute atomic E-state index is 10.9. The topological polar surface area (TPSA) is 67.3 Å². The largest absolute Gasteiger partial charge is 0.504 e. The summed E-state index contributed by atoms with van der Waals surface area (Å²) in [6.45, 7) is 4.57. The Bertz CT molecular complexity index is 1140. The zero-order chi connectivity index (χ0) is 23.4. The highest BCUT2D eigenvalue weighted by atomic mass is 79.9. The lowest BCUT2D eigenvalue weighted by Gasteiger charge is -2.30. The first-order valence-corrected chi connectivity index (χ1v) is 12.0. The summed E-state index contributed by atoms with van der Waals surface area (Å²) in [5.41, 5.74) is 5.37. The third-order valence-electron chi connectivity index (χ3n) is 5.95. The van der Waals surface area contributed by atoms with Crippen molar-refractivity contribution in [1.82, 2.24) is 5.32 Å². The molecule has 0 radical (unpaired) electrons. The van der Waals surface area contributed by atoms with Gasteiger partial charge in [-0.1, -0.05) is 37.3 Å². The second-order valence-corrected chi connectivity index (χ2v) is 8.85. The van der Waals surface area contributed by atoms with Crippen LogP contribution in [0, 0.1) is 0 Å². The fourth-order valence-electron chi connectivity index (χ4n) is 4.15. The summed E-state index contributed by atoms with van der Waals surface area (Å²) in [4.78, 5) is 0. The maximum atomic E-state index is 10.9. The molecule has 0 aliphatic carbocycles. The predicted octanol–water partition coefficient (Wildman–Crippen LogP) is 5.07. The van der Waals surface area contributed by atoms with Gasteiger partial charge in [0, 0.05) is 17.3 Å². The van der Waals surface area contributed by atoms with Gasteiger partial charge in [-0.05, 0) is 70.7 Å². The van der Waals surface area contributed by atoms with Gasteiger partial charge in [0.2, 0.25) is 0 Å².